The monoisotopic (exact) mass is 254 g/mol. The van der Waals surface area contributed by atoms with Crippen LogP contribution in [0.1, 0.15) is 45.1 Å². The van der Waals surface area contributed by atoms with Crippen molar-refractivity contribution < 1.29 is 4.70 Å². The van der Waals surface area contributed by atoms with E-state index >= 15 is 0 Å². The van der Waals surface area contributed by atoms with Gasteiger partial charge in [0.05, 0.1) is 0 Å². The fraction of sp³-hybridized carbons (Fsp3) is 0.600. The summed E-state index contributed by atoms with van der Waals surface area (Å²) in [4.78, 5) is 2.46. The molecule has 0 saturated carbocycles. The van der Waals surface area contributed by atoms with Crippen LogP contribution in [-0.4, -0.2) is 13.1 Å². The van der Waals surface area contributed by atoms with E-state index in [0.29, 0.717) is 0 Å². The Balaban J connectivity index is 0.00000289. The molecule has 2 N–H and O–H groups in total. The van der Waals surface area contributed by atoms with Gasteiger partial charge in [0.15, 0.2) is 0 Å². The lowest BCUT2D eigenvalue weighted by Gasteiger charge is -2.25. The predicted octanol–water partition coefficient (Wildman–Crippen LogP) is 4.14. The number of nitrogens with two attached hydrogens (primary N) is 1. The third kappa shape index (κ3) is 4.94. The fourth-order valence-electron chi connectivity index (χ4n) is 1.89. The molecule has 0 aliphatic carbocycles. The number of halogens is 1. The molecule has 1 rings (SSSR count). The van der Waals surface area contributed by atoms with E-state index in [1.807, 2.05) is 0 Å². The molecule has 0 atom stereocenters. The molecule has 3 heteroatoms. The normalized spacial score (nSPS) is 9.94. The van der Waals surface area contributed by atoms with Crippen molar-refractivity contribution >= 4 is 11.4 Å². The highest BCUT2D eigenvalue weighted by Gasteiger charge is 2.06. The van der Waals surface area contributed by atoms with Crippen molar-refractivity contribution in [2.45, 2.75) is 46.5 Å². The zero-order chi connectivity index (χ0) is 12.7. The van der Waals surface area contributed by atoms with Crippen LogP contribution in [0.25, 0.3) is 0 Å². The summed E-state index contributed by atoms with van der Waals surface area (Å²) in [5.41, 5.74) is 9.33. The SMILES string of the molecule is CCCCN(CCCC)c1ccc(C)c(N)c1.F. The van der Waals surface area contributed by atoms with Gasteiger partial charge in [-0.3, -0.25) is 4.70 Å². The summed E-state index contributed by atoms with van der Waals surface area (Å²) in [6, 6.07) is 6.42. The maximum absolute atomic E-state index is 5.99. The maximum atomic E-state index is 5.99. The summed E-state index contributed by atoms with van der Waals surface area (Å²) >= 11 is 0. The summed E-state index contributed by atoms with van der Waals surface area (Å²) in [6.07, 6.45) is 4.98. The first-order chi connectivity index (χ1) is 8.19. The molecule has 0 amide bonds. The first kappa shape index (κ1) is 16.8. The van der Waals surface area contributed by atoms with Gasteiger partial charge in [0.1, 0.15) is 0 Å². The number of benzene rings is 1. The summed E-state index contributed by atoms with van der Waals surface area (Å²) in [6.45, 7) is 8.81. The Morgan fingerprint density at radius 3 is 2.06 bits per heavy atom. The molecule has 1 aromatic carbocycles. The second kappa shape index (κ2) is 8.78. The Morgan fingerprint density at radius 1 is 1.06 bits per heavy atom. The molecular formula is C15H27FN2. The van der Waals surface area contributed by atoms with Crippen molar-refractivity contribution in [1.29, 1.82) is 0 Å². The van der Waals surface area contributed by atoms with Gasteiger partial charge < -0.3 is 10.6 Å². The van der Waals surface area contributed by atoms with Crippen LogP contribution < -0.4 is 10.6 Å². The lowest BCUT2D eigenvalue weighted by molar-refractivity contribution is 0.678. The molecule has 18 heavy (non-hydrogen) atoms. The third-order valence-electron chi connectivity index (χ3n) is 3.19. The van der Waals surface area contributed by atoms with Crippen molar-refractivity contribution in [3.8, 4) is 0 Å². The topological polar surface area (TPSA) is 29.3 Å². The van der Waals surface area contributed by atoms with Gasteiger partial charge in [-0.05, 0) is 37.5 Å². The number of aryl methyl sites for hydroxylation is 1. The summed E-state index contributed by atoms with van der Waals surface area (Å²) < 4.78 is 0. The molecular weight excluding hydrogens is 227 g/mol. The van der Waals surface area contributed by atoms with Gasteiger partial charge >= 0.3 is 0 Å². The molecule has 0 fully saturated rings. The summed E-state index contributed by atoms with van der Waals surface area (Å²) in [5, 5.41) is 0. The first-order valence-corrected chi connectivity index (χ1v) is 6.80. The molecule has 0 saturated heterocycles. The van der Waals surface area contributed by atoms with Gasteiger partial charge in [0, 0.05) is 24.5 Å². The Bertz CT molecular complexity index is 331. The molecule has 0 unspecified atom stereocenters. The van der Waals surface area contributed by atoms with E-state index in [2.05, 4.69) is 43.9 Å². The Hall–Kier alpha value is -1.25. The van der Waals surface area contributed by atoms with Gasteiger partial charge in [-0.25, -0.2) is 0 Å². The van der Waals surface area contributed by atoms with E-state index in [1.165, 1.54) is 36.9 Å². The van der Waals surface area contributed by atoms with Gasteiger partial charge in [0.25, 0.3) is 0 Å². The predicted molar refractivity (Wildman–Crippen MR) is 80.1 cm³/mol. The fourth-order valence-corrected chi connectivity index (χ4v) is 1.89. The Morgan fingerprint density at radius 2 is 1.61 bits per heavy atom. The lowest BCUT2D eigenvalue weighted by atomic mass is 10.1. The molecule has 0 radical (unpaired) electrons. The molecule has 104 valence electrons. The van der Waals surface area contributed by atoms with Crippen LogP contribution in [0.2, 0.25) is 0 Å². The number of hydrogen-bond acceptors (Lipinski definition) is 2. The van der Waals surface area contributed by atoms with Crippen LogP contribution in [0.5, 0.6) is 0 Å². The van der Waals surface area contributed by atoms with Crippen molar-refractivity contribution in [3.63, 3.8) is 0 Å². The highest BCUT2D eigenvalue weighted by atomic mass is 19.0. The average Bonchev–Trinajstić information content (AvgIpc) is 2.33. The first-order valence-electron chi connectivity index (χ1n) is 6.80. The number of nitrogen functional groups attached to an aromatic ring is 1. The number of nitrogens with zero attached hydrogens (tertiary/aromatic N) is 1. The largest absolute Gasteiger partial charge is 0.398 e. The van der Waals surface area contributed by atoms with E-state index in [4.69, 9.17) is 5.73 Å². The van der Waals surface area contributed by atoms with Crippen LogP contribution in [0.3, 0.4) is 0 Å². The lowest BCUT2D eigenvalue weighted by Crippen LogP contribution is -2.25. The zero-order valence-electron chi connectivity index (χ0n) is 11.9. The molecule has 0 heterocycles. The van der Waals surface area contributed by atoms with Gasteiger partial charge in [-0.1, -0.05) is 32.8 Å². The molecule has 0 aliphatic heterocycles. The summed E-state index contributed by atoms with van der Waals surface area (Å²) in [7, 11) is 0. The highest BCUT2D eigenvalue weighted by molar-refractivity contribution is 5.59. The third-order valence-corrected chi connectivity index (χ3v) is 3.19. The maximum Gasteiger partial charge on any atom is 0.0387 e. The van der Waals surface area contributed by atoms with Crippen LogP contribution >= 0.6 is 0 Å². The number of unbranched alkanes of at least 4 members (excludes halogenated alkanes) is 2. The van der Waals surface area contributed by atoms with Crippen LogP contribution in [-0.2, 0) is 0 Å². The van der Waals surface area contributed by atoms with Gasteiger partial charge in [-0.2, -0.15) is 0 Å². The quantitative estimate of drug-likeness (QED) is 0.741. The van der Waals surface area contributed by atoms with Gasteiger partial charge in [0.2, 0.25) is 0 Å². The smallest absolute Gasteiger partial charge is 0.0387 e. The molecule has 2 nitrogen and oxygen atoms in total. The second-order valence-corrected chi connectivity index (χ2v) is 4.74. The molecule has 0 aromatic heterocycles. The molecule has 0 spiro atoms. The van der Waals surface area contributed by atoms with E-state index in [0.717, 1.165) is 18.8 Å². The van der Waals surface area contributed by atoms with E-state index in [-0.39, 0.29) is 4.70 Å². The van der Waals surface area contributed by atoms with Crippen molar-refractivity contribution in [1.82, 2.24) is 0 Å². The van der Waals surface area contributed by atoms with Crippen molar-refractivity contribution in [2.24, 2.45) is 0 Å². The Kier molecular flexibility index (Phi) is 8.17. The number of hydrogen-bond donors (Lipinski definition) is 1. The van der Waals surface area contributed by atoms with Crippen LogP contribution in [0.4, 0.5) is 16.1 Å². The standard InChI is InChI=1S/C15H26N2.FH/c1-4-6-10-17(11-7-5-2)14-9-8-13(3)15(16)12-14;/h8-9,12H,4-7,10-11,16H2,1-3H3;1H. The zero-order valence-corrected chi connectivity index (χ0v) is 11.9. The van der Waals surface area contributed by atoms with Crippen molar-refractivity contribution in [2.75, 3.05) is 23.7 Å². The number of anilines is 2. The number of rotatable bonds is 7. The molecule has 1 aromatic rings. The summed E-state index contributed by atoms with van der Waals surface area (Å²) in [5.74, 6) is 0. The van der Waals surface area contributed by atoms with E-state index in [1.54, 1.807) is 0 Å². The van der Waals surface area contributed by atoms with E-state index < -0.39 is 0 Å². The minimum Gasteiger partial charge on any atom is -0.398 e. The molecule has 0 bridgehead atoms. The van der Waals surface area contributed by atoms with Crippen molar-refractivity contribution in [3.05, 3.63) is 23.8 Å². The Labute approximate surface area is 111 Å². The second-order valence-electron chi connectivity index (χ2n) is 4.74. The average molecular weight is 254 g/mol. The minimum absolute atomic E-state index is 0. The highest BCUT2D eigenvalue weighted by Crippen LogP contribution is 2.21. The minimum atomic E-state index is 0. The molecule has 0 aliphatic rings. The van der Waals surface area contributed by atoms with E-state index in [9.17, 15) is 0 Å². The van der Waals surface area contributed by atoms with Crippen LogP contribution in [0.15, 0.2) is 18.2 Å². The van der Waals surface area contributed by atoms with Gasteiger partial charge in [-0.15, -0.1) is 0 Å². The van der Waals surface area contributed by atoms with Crippen LogP contribution in [0, 0.1) is 6.92 Å².